The van der Waals surface area contributed by atoms with E-state index in [-0.39, 0.29) is 6.10 Å². The van der Waals surface area contributed by atoms with Gasteiger partial charge < -0.3 is 24.4 Å². The fourth-order valence-corrected chi connectivity index (χ4v) is 5.31. The van der Waals surface area contributed by atoms with E-state index in [0.29, 0.717) is 25.1 Å². The Hall–Kier alpha value is -1.22. The number of ether oxygens (including phenoxy) is 1. The van der Waals surface area contributed by atoms with Gasteiger partial charge in [-0.2, -0.15) is 4.98 Å². The highest BCUT2D eigenvalue weighted by molar-refractivity contribution is 6.69. The molecule has 23 heavy (non-hydrogen) atoms. The Labute approximate surface area is 137 Å². The number of β-amino-alcohol motifs (C(OH)–C–C–N with tert-alkyl or cyclic N) is 1. The van der Waals surface area contributed by atoms with Crippen LogP contribution in [0, 0.1) is 0 Å². The van der Waals surface area contributed by atoms with E-state index >= 15 is 0 Å². The van der Waals surface area contributed by atoms with Gasteiger partial charge in [-0.3, -0.25) is 0 Å². The zero-order chi connectivity index (χ0) is 16.0. The van der Waals surface area contributed by atoms with E-state index in [2.05, 4.69) is 16.9 Å². The van der Waals surface area contributed by atoms with Crippen molar-refractivity contribution in [3.05, 3.63) is 5.69 Å². The molecule has 2 saturated heterocycles. The van der Waals surface area contributed by atoms with E-state index in [1.54, 1.807) is 0 Å². The van der Waals surface area contributed by atoms with Crippen LogP contribution in [0.1, 0.15) is 18.5 Å². The lowest BCUT2D eigenvalue weighted by molar-refractivity contribution is 0.0854. The molecule has 3 aliphatic heterocycles. The lowest BCUT2D eigenvalue weighted by Gasteiger charge is -2.38. The number of aromatic nitrogens is 2. The van der Waals surface area contributed by atoms with Crippen LogP contribution in [0.2, 0.25) is 6.04 Å². The summed E-state index contributed by atoms with van der Waals surface area (Å²) >= 11 is 0. The van der Waals surface area contributed by atoms with Gasteiger partial charge in [0.25, 0.3) is 0 Å². The summed E-state index contributed by atoms with van der Waals surface area (Å²) in [6, 6.07) is 1.21. The molecule has 4 heterocycles. The zero-order valence-electron chi connectivity index (χ0n) is 13.4. The molecule has 8 heteroatoms. The SMILES string of the molecule is CN(c1nc(N2CC(O)C2)nc2c1[Si](O)CC2)C1CCOCC1. The Kier molecular flexibility index (Phi) is 4.00. The highest BCUT2D eigenvalue weighted by Crippen LogP contribution is 2.26. The molecule has 2 fully saturated rings. The predicted octanol–water partition coefficient (Wildman–Crippen LogP) is -0.980. The van der Waals surface area contributed by atoms with Gasteiger partial charge in [0.05, 0.1) is 6.10 Å². The fourth-order valence-electron chi connectivity index (χ4n) is 3.58. The first-order chi connectivity index (χ1) is 11.1. The number of anilines is 2. The third kappa shape index (κ3) is 2.73. The molecule has 0 saturated carbocycles. The van der Waals surface area contributed by atoms with E-state index in [4.69, 9.17) is 9.72 Å². The average Bonchev–Trinajstić information content (AvgIpc) is 2.92. The molecular formula is C15H23N4O3Si. The van der Waals surface area contributed by atoms with Crippen LogP contribution in [0.5, 0.6) is 0 Å². The number of nitrogens with zero attached hydrogens (tertiary/aromatic N) is 4. The van der Waals surface area contributed by atoms with Crippen LogP contribution in [0.15, 0.2) is 0 Å². The summed E-state index contributed by atoms with van der Waals surface area (Å²) in [4.78, 5) is 24.1. The number of aliphatic hydroxyl groups excluding tert-OH is 1. The van der Waals surface area contributed by atoms with Crippen LogP contribution in [0.25, 0.3) is 0 Å². The lowest BCUT2D eigenvalue weighted by Crippen LogP contribution is -2.52. The minimum atomic E-state index is -1.53. The van der Waals surface area contributed by atoms with Crippen molar-refractivity contribution in [3.8, 4) is 0 Å². The van der Waals surface area contributed by atoms with E-state index in [0.717, 1.165) is 55.2 Å². The summed E-state index contributed by atoms with van der Waals surface area (Å²) in [7, 11) is 0.537. The minimum absolute atomic E-state index is 0.277. The number of hydrogen-bond donors (Lipinski definition) is 2. The van der Waals surface area contributed by atoms with Gasteiger partial charge in [-0.05, 0) is 25.3 Å². The van der Waals surface area contributed by atoms with Gasteiger partial charge in [-0.15, -0.1) is 0 Å². The maximum atomic E-state index is 10.5. The third-order valence-electron chi connectivity index (χ3n) is 5.06. The van der Waals surface area contributed by atoms with Gasteiger partial charge in [-0.1, -0.05) is 0 Å². The second-order valence-corrected chi connectivity index (χ2v) is 8.52. The van der Waals surface area contributed by atoms with Gasteiger partial charge in [0.2, 0.25) is 15.0 Å². The Bertz CT molecular complexity index is 590. The Morgan fingerprint density at radius 3 is 2.70 bits per heavy atom. The lowest BCUT2D eigenvalue weighted by atomic mass is 10.1. The number of hydrogen-bond acceptors (Lipinski definition) is 7. The smallest absolute Gasteiger partial charge is 0.249 e. The Morgan fingerprint density at radius 1 is 1.26 bits per heavy atom. The van der Waals surface area contributed by atoms with E-state index in [9.17, 15) is 9.90 Å². The topological polar surface area (TPSA) is 82.0 Å². The van der Waals surface area contributed by atoms with Crippen molar-refractivity contribution in [2.75, 3.05) is 43.2 Å². The molecule has 1 aromatic rings. The molecule has 0 aromatic carbocycles. The molecule has 0 atom stereocenters. The zero-order valence-corrected chi connectivity index (χ0v) is 14.4. The maximum absolute atomic E-state index is 10.5. The quantitative estimate of drug-likeness (QED) is 0.687. The summed E-state index contributed by atoms with van der Waals surface area (Å²) in [5, 5.41) is 10.5. The maximum Gasteiger partial charge on any atom is 0.249 e. The summed E-state index contributed by atoms with van der Waals surface area (Å²) in [6.45, 7) is 2.75. The van der Waals surface area contributed by atoms with E-state index in [1.807, 2.05) is 4.90 Å². The highest BCUT2D eigenvalue weighted by atomic mass is 28.3. The number of aryl methyl sites for hydroxylation is 1. The molecule has 125 valence electrons. The predicted molar refractivity (Wildman–Crippen MR) is 88.6 cm³/mol. The second-order valence-electron chi connectivity index (χ2n) is 6.63. The Morgan fingerprint density at radius 2 is 2.00 bits per heavy atom. The molecule has 7 nitrogen and oxygen atoms in total. The number of aliphatic hydroxyl groups is 1. The van der Waals surface area contributed by atoms with E-state index in [1.165, 1.54) is 0 Å². The first-order valence-corrected chi connectivity index (χ1v) is 9.98. The summed E-state index contributed by atoms with van der Waals surface area (Å²) in [5.41, 5.74) is 1.00. The molecule has 1 aromatic heterocycles. The van der Waals surface area contributed by atoms with Crippen molar-refractivity contribution in [1.82, 2.24) is 9.97 Å². The molecule has 2 N–H and O–H groups in total. The van der Waals surface area contributed by atoms with Gasteiger partial charge in [0.15, 0.2) is 0 Å². The largest absolute Gasteiger partial charge is 0.427 e. The van der Waals surface area contributed by atoms with Crippen LogP contribution in [-0.2, 0) is 11.2 Å². The van der Waals surface area contributed by atoms with Crippen LogP contribution in [0.4, 0.5) is 11.8 Å². The molecule has 4 rings (SSSR count). The molecule has 0 amide bonds. The molecule has 0 unspecified atom stereocenters. The molecule has 0 spiro atoms. The normalized spacial score (nSPS) is 23.0. The first-order valence-electron chi connectivity index (χ1n) is 8.33. The third-order valence-corrected chi connectivity index (χ3v) is 6.87. The average molecular weight is 335 g/mol. The number of rotatable bonds is 3. The van der Waals surface area contributed by atoms with Gasteiger partial charge in [-0.25, -0.2) is 4.98 Å². The van der Waals surface area contributed by atoms with Crippen LogP contribution in [-0.4, -0.2) is 74.4 Å². The van der Waals surface area contributed by atoms with Gasteiger partial charge >= 0.3 is 0 Å². The number of fused-ring (bicyclic) bond motifs is 1. The molecule has 3 aliphatic rings. The molecule has 0 bridgehead atoms. The first kappa shape index (κ1) is 15.3. The van der Waals surface area contributed by atoms with Crippen LogP contribution < -0.4 is 15.0 Å². The van der Waals surface area contributed by atoms with Crippen molar-refractivity contribution in [2.45, 2.75) is 37.5 Å². The van der Waals surface area contributed by atoms with Crippen molar-refractivity contribution < 1.29 is 14.6 Å². The summed E-state index contributed by atoms with van der Waals surface area (Å²) in [6.07, 6.45) is 2.53. The molecular weight excluding hydrogens is 312 g/mol. The van der Waals surface area contributed by atoms with Crippen molar-refractivity contribution in [3.63, 3.8) is 0 Å². The van der Waals surface area contributed by atoms with Crippen molar-refractivity contribution >= 4 is 26.0 Å². The van der Waals surface area contributed by atoms with Gasteiger partial charge in [0.1, 0.15) is 5.82 Å². The van der Waals surface area contributed by atoms with Crippen LogP contribution in [0.3, 0.4) is 0 Å². The van der Waals surface area contributed by atoms with Crippen molar-refractivity contribution in [1.29, 1.82) is 0 Å². The van der Waals surface area contributed by atoms with Crippen LogP contribution >= 0.6 is 0 Å². The summed E-state index contributed by atoms with van der Waals surface area (Å²) < 4.78 is 5.46. The molecule has 0 aliphatic carbocycles. The minimum Gasteiger partial charge on any atom is -0.427 e. The fraction of sp³-hybridized carbons (Fsp3) is 0.733. The standard InChI is InChI=1S/C15H23N4O3Si/c1-18(10-2-5-22-6-3-10)14-13-12(4-7-23(13)21)16-15(17-14)19-8-11(20)9-19/h10-11,20-21H,2-9H2,1H3. The highest BCUT2D eigenvalue weighted by Gasteiger charge is 2.35. The molecule has 1 radical (unpaired) electrons. The van der Waals surface area contributed by atoms with E-state index < -0.39 is 9.04 Å². The Balaban J connectivity index is 1.68. The van der Waals surface area contributed by atoms with Crippen molar-refractivity contribution in [2.24, 2.45) is 0 Å². The summed E-state index contributed by atoms with van der Waals surface area (Å²) in [5.74, 6) is 1.59. The second kappa shape index (κ2) is 6.01. The van der Waals surface area contributed by atoms with Gasteiger partial charge in [0, 0.05) is 50.3 Å². The monoisotopic (exact) mass is 335 g/mol.